The molecule has 2 aliphatic heterocycles. The zero-order valence-corrected chi connectivity index (χ0v) is 18.0. The van der Waals surface area contributed by atoms with Gasteiger partial charge in [-0.15, -0.1) is 0 Å². The normalized spacial score (nSPS) is 21.7. The largest absolute Gasteiger partial charge is 0.461 e. The standard InChI is InChI=1S/C23H17Cl2N3O3/c1-23(15-7-9-17(10-8-15)28(29)30)27-21(13-20(26-27)14-5-3-2-4-6-14)18-11-16(24)12-19(25)22(18)31-23/h2-12,21H,13H2,1H3. The molecular formula is C23H17Cl2N3O3. The maximum absolute atomic E-state index is 11.1. The molecule has 0 radical (unpaired) electrons. The van der Waals surface area contributed by atoms with Gasteiger partial charge in [-0.2, -0.15) is 5.10 Å². The number of nitro groups is 1. The van der Waals surface area contributed by atoms with E-state index in [9.17, 15) is 10.1 Å². The Balaban J connectivity index is 1.67. The highest BCUT2D eigenvalue weighted by atomic mass is 35.5. The summed E-state index contributed by atoms with van der Waals surface area (Å²) >= 11 is 12.8. The first-order valence-corrected chi connectivity index (χ1v) is 10.5. The van der Waals surface area contributed by atoms with Crippen LogP contribution in [0.15, 0.2) is 71.8 Å². The molecule has 0 amide bonds. The Morgan fingerprint density at radius 1 is 1.13 bits per heavy atom. The summed E-state index contributed by atoms with van der Waals surface area (Å²) < 4.78 is 6.45. The molecule has 2 heterocycles. The summed E-state index contributed by atoms with van der Waals surface area (Å²) in [6.07, 6.45) is 0.652. The third-order valence-corrected chi connectivity index (χ3v) is 6.26. The minimum atomic E-state index is -1.01. The molecule has 0 N–H and O–H groups in total. The molecule has 3 aromatic carbocycles. The number of halogens is 2. The molecule has 2 aliphatic rings. The van der Waals surface area contributed by atoms with Gasteiger partial charge in [0.25, 0.3) is 5.69 Å². The fourth-order valence-electron chi connectivity index (χ4n) is 4.22. The minimum Gasteiger partial charge on any atom is -0.461 e. The number of hydrogen-bond acceptors (Lipinski definition) is 5. The third-order valence-electron chi connectivity index (χ3n) is 5.77. The highest BCUT2D eigenvalue weighted by Crippen LogP contribution is 2.53. The van der Waals surface area contributed by atoms with Gasteiger partial charge >= 0.3 is 0 Å². The number of nitrogens with zero attached hydrogens (tertiary/aromatic N) is 3. The fourth-order valence-corrected chi connectivity index (χ4v) is 4.76. The topological polar surface area (TPSA) is 68.0 Å². The molecule has 8 heteroatoms. The molecule has 3 aromatic rings. The predicted octanol–water partition coefficient (Wildman–Crippen LogP) is 6.32. The minimum absolute atomic E-state index is 0.0137. The van der Waals surface area contributed by atoms with Crippen LogP contribution < -0.4 is 4.74 Å². The highest BCUT2D eigenvalue weighted by Gasteiger charge is 2.49. The molecule has 156 valence electrons. The Kier molecular flexibility index (Phi) is 4.64. The Hall–Kier alpha value is -3.09. The van der Waals surface area contributed by atoms with Gasteiger partial charge in [0, 0.05) is 41.6 Å². The Bertz CT molecular complexity index is 1210. The van der Waals surface area contributed by atoms with Gasteiger partial charge in [0.15, 0.2) is 0 Å². The lowest BCUT2D eigenvalue weighted by Gasteiger charge is -2.46. The van der Waals surface area contributed by atoms with E-state index in [2.05, 4.69) is 0 Å². The number of fused-ring (bicyclic) bond motifs is 3. The van der Waals surface area contributed by atoms with E-state index in [1.54, 1.807) is 18.2 Å². The number of non-ortho nitro benzene ring substituents is 1. The van der Waals surface area contributed by atoms with Crippen LogP contribution in [-0.2, 0) is 5.72 Å². The van der Waals surface area contributed by atoms with Crippen molar-refractivity contribution in [3.05, 3.63) is 104 Å². The van der Waals surface area contributed by atoms with Crippen molar-refractivity contribution in [2.45, 2.75) is 25.1 Å². The second kappa shape index (κ2) is 7.25. The van der Waals surface area contributed by atoms with Crippen molar-refractivity contribution in [1.82, 2.24) is 5.01 Å². The zero-order chi connectivity index (χ0) is 21.8. The van der Waals surface area contributed by atoms with Crippen LogP contribution in [0, 0.1) is 10.1 Å². The molecule has 6 nitrogen and oxygen atoms in total. The van der Waals surface area contributed by atoms with Gasteiger partial charge in [-0.05, 0) is 29.8 Å². The lowest BCUT2D eigenvalue weighted by molar-refractivity contribution is -0.384. The number of rotatable bonds is 3. The first-order valence-electron chi connectivity index (χ1n) is 9.72. The monoisotopic (exact) mass is 453 g/mol. The molecule has 0 aromatic heterocycles. The van der Waals surface area contributed by atoms with Crippen LogP contribution in [0.1, 0.15) is 36.1 Å². The van der Waals surface area contributed by atoms with Crippen LogP contribution in [0.4, 0.5) is 5.69 Å². The van der Waals surface area contributed by atoms with Crippen LogP contribution >= 0.6 is 23.2 Å². The van der Waals surface area contributed by atoms with Crippen LogP contribution in [0.3, 0.4) is 0 Å². The van der Waals surface area contributed by atoms with Gasteiger partial charge in [0.05, 0.1) is 21.7 Å². The van der Waals surface area contributed by atoms with Crippen molar-refractivity contribution in [1.29, 1.82) is 0 Å². The Labute approximate surface area is 188 Å². The average Bonchev–Trinajstić information content (AvgIpc) is 3.22. The number of nitro benzene ring substituents is 1. The lowest BCUT2D eigenvalue weighted by Crippen LogP contribution is -2.48. The molecule has 0 fully saturated rings. The fraction of sp³-hybridized carbons (Fsp3) is 0.174. The molecule has 2 atom stereocenters. The quantitative estimate of drug-likeness (QED) is 0.343. The lowest BCUT2D eigenvalue weighted by atomic mass is 9.92. The van der Waals surface area contributed by atoms with Gasteiger partial charge in [-0.3, -0.25) is 10.1 Å². The van der Waals surface area contributed by atoms with Crippen molar-refractivity contribution < 1.29 is 9.66 Å². The molecule has 0 aliphatic carbocycles. The van der Waals surface area contributed by atoms with E-state index in [0.29, 0.717) is 22.2 Å². The van der Waals surface area contributed by atoms with Crippen LogP contribution in [0.25, 0.3) is 0 Å². The van der Waals surface area contributed by atoms with Crippen molar-refractivity contribution in [2.24, 2.45) is 5.10 Å². The van der Waals surface area contributed by atoms with E-state index in [1.165, 1.54) is 12.1 Å². The van der Waals surface area contributed by atoms with E-state index in [4.69, 9.17) is 33.0 Å². The van der Waals surface area contributed by atoms with Crippen LogP contribution in [0.5, 0.6) is 5.75 Å². The van der Waals surface area contributed by atoms with Crippen molar-refractivity contribution >= 4 is 34.6 Å². The zero-order valence-electron chi connectivity index (χ0n) is 16.5. The van der Waals surface area contributed by atoms with Crippen LogP contribution in [-0.4, -0.2) is 15.6 Å². The molecule has 0 saturated heterocycles. The first kappa shape index (κ1) is 19.8. The van der Waals surface area contributed by atoms with E-state index in [0.717, 1.165) is 22.4 Å². The number of ether oxygens (including phenoxy) is 1. The van der Waals surface area contributed by atoms with E-state index >= 15 is 0 Å². The summed E-state index contributed by atoms with van der Waals surface area (Å²) in [7, 11) is 0. The summed E-state index contributed by atoms with van der Waals surface area (Å²) in [5.74, 6) is 0.553. The van der Waals surface area contributed by atoms with Gasteiger partial charge in [0.2, 0.25) is 5.72 Å². The van der Waals surface area contributed by atoms with Crippen molar-refractivity contribution in [2.75, 3.05) is 0 Å². The van der Waals surface area contributed by atoms with Crippen molar-refractivity contribution in [3.8, 4) is 5.75 Å². The smallest absolute Gasteiger partial charge is 0.269 e. The predicted molar refractivity (Wildman–Crippen MR) is 120 cm³/mol. The molecular weight excluding hydrogens is 437 g/mol. The molecule has 31 heavy (non-hydrogen) atoms. The number of benzene rings is 3. The Morgan fingerprint density at radius 3 is 2.52 bits per heavy atom. The maximum Gasteiger partial charge on any atom is 0.269 e. The molecule has 5 rings (SSSR count). The number of hydrazone groups is 1. The van der Waals surface area contributed by atoms with Crippen molar-refractivity contribution in [3.63, 3.8) is 0 Å². The van der Waals surface area contributed by atoms with Gasteiger partial charge < -0.3 is 4.74 Å². The molecule has 0 saturated carbocycles. The Morgan fingerprint density at radius 2 is 1.84 bits per heavy atom. The molecule has 0 spiro atoms. The van der Waals surface area contributed by atoms with Gasteiger partial charge in [0.1, 0.15) is 5.75 Å². The van der Waals surface area contributed by atoms with E-state index in [-0.39, 0.29) is 11.7 Å². The second-order valence-corrected chi connectivity index (χ2v) is 8.52. The summed E-state index contributed by atoms with van der Waals surface area (Å²) in [5, 5.41) is 18.9. The van der Waals surface area contributed by atoms with E-state index < -0.39 is 10.6 Å². The summed E-state index contributed by atoms with van der Waals surface area (Å²) in [6, 6.07) is 19.7. The number of hydrogen-bond donors (Lipinski definition) is 0. The third kappa shape index (κ3) is 3.23. The molecule has 2 unspecified atom stereocenters. The first-order chi connectivity index (χ1) is 14.9. The summed E-state index contributed by atoms with van der Waals surface area (Å²) in [6.45, 7) is 1.90. The van der Waals surface area contributed by atoms with Gasteiger partial charge in [-0.25, -0.2) is 5.01 Å². The van der Waals surface area contributed by atoms with Crippen LogP contribution in [0.2, 0.25) is 10.0 Å². The summed E-state index contributed by atoms with van der Waals surface area (Å²) in [5.41, 5.74) is 2.55. The molecule has 0 bridgehead atoms. The average molecular weight is 454 g/mol. The highest BCUT2D eigenvalue weighted by molar-refractivity contribution is 6.35. The van der Waals surface area contributed by atoms with E-state index in [1.807, 2.05) is 48.3 Å². The summed E-state index contributed by atoms with van der Waals surface area (Å²) in [4.78, 5) is 10.7. The van der Waals surface area contributed by atoms with Gasteiger partial charge in [-0.1, -0.05) is 53.5 Å². The maximum atomic E-state index is 11.1. The SMILES string of the molecule is CC1(c2ccc([N+](=O)[O-])cc2)Oc2c(Cl)cc(Cl)cc2C2CC(c3ccccc3)=NN21. The second-order valence-electron chi connectivity index (χ2n) is 7.67.